The third-order valence-corrected chi connectivity index (χ3v) is 5.53. The fourth-order valence-electron chi connectivity index (χ4n) is 3.68. The number of likely N-dealkylation sites (N-methyl/N-ethyl adjacent to an activating group) is 1. The number of piperazine rings is 1. The first-order chi connectivity index (χ1) is 15.9. The first kappa shape index (κ1) is 24.3. The van der Waals surface area contributed by atoms with Gasteiger partial charge in [-0.15, -0.1) is 0 Å². The van der Waals surface area contributed by atoms with Crippen LogP contribution in [0.25, 0.3) is 0 Å². The van der Waals surface area contributed by atoms with Crippen molar-refractivity contribution in [3.8, 4) is 17.2 Å². The molecule has 0 bridgehead atoms. The SMILES string of the molecule is COc1cc(C(=O)NCc2cccc(CN3CCN(C)CC3)c2)cc(OC)c1OCC(N)=O. The van der Waals surface area contributed by atoms with Crippen molar-refractivity contribution in [2.45, 2.75) is 13.1 Å². The minimum atomic E-state index is -0.629. The maximum absolute atomic E-state index is 12.8. The van der Waals surface area contributed by atoms with E-state index >= 15 is 0 Å². The molecular formula is C24H32N4O5. The number of nitrogens with one attached hydrogen (secondary N) is 1. The molecule has 1 aliphatic rings. The molecule has 2 aromatic carbocycles. The van der Waals surface area contributed by atoms with E-state index in [0.29, 0.717) is 12.1 Å². The normalized spacial score (nSPS) is 14.5. The number of amides is 2. The van der Waals surface area contributed by atoms with E-state index in [4.69, 9.17) is 19.9 Å². The van der Waals surface area contributed by atoms with Crippen molar-refractivity contribution in [2.24, 2.45) is 5.73 Å². The number of rotatable bonds is 10. The summed E-state index contributed by atoms with van der Waals surface area (Å²) in [7, 11) is 5.03. The minimum Gasteiger partial charge on any atom is -0.493 e. The van der Waals surface area contributed by atoms with Crippen LogP contribution in [0.4, 0.5) is 0 Å². The summed E-state index contributed by atoms with van der Waals surface area (Å²) in [6.45, 7) is 5.23. The Morgan fingerprint density at radius 2 is 1.64 bits per heavy atom. The van der Waals surface area contributed by atoms with Gasteiger partial charge in [0.15, 0.2) is 18.1 Å². The number of nitrogens with zero attached hydrogens (tertiary/aromatic N) is 2. The fourth-order valence-corrected chi connectivity index (χ4v) is 3.68. The van der Waals surface area contributed by atoms with Crippen molar-refractivity contribution >= 4 is 11.8 Å². The zero-order valence-electron chi connectivity index (χ0n) is 19.4. The maximum Gasteiger partial charge on any atom is 0.255 e. The van der Waals surface area contributed by atoms with Gasteiger partial charge in [-0.3, -0.25) is 14.5 Å². The summed E-state index contributed by atoms with van der Waals surface area (Å²) in [4.78, 5) is 28.7. The van der Waals surface area contributed by atoms with Gasteiger partial charge in [0.2, 0.25) is 5.75 Å². The Bertz CT molecular complexity index is 948. The highest BCUT2D eigenvalue weighted by molar-refractivity contribution is 5.95. The number of primary amides is 1. The molecule has 2 aromatic rings. The third-order valence-electron chi connectivity index (χ3n) is 5.53. The van der Waals surface area contributed by atoms with Gasteiger partial charge in [-0.1, -0.05) is 24.3 Å². The fraction of sp³-hybridized carbons (Fsp3) is 0.417. The monoisotopic (exact) mass is 456 g/mol. The molecular weight excluding hydrogens is 424 g/mol. The quantitative estimate of drug-likeness (QED) is 0.554. The minimum absolute atomic E-state index is 0.215. The molecule has 2 amide bonds. The molecule has 178 valence electrons. The molecule has 0 aromatic heterocycles. The number of carbonyl (C=O) groups is 2. The summed E-state index contributed by atoms with van der Waals surface area (Å²) in [6, 6.07) is 11.3. The van der Waals surface area contributed by atoms with Crippen molar-refractivity contribution in [2.75, 3.05) is 54.1 Å². The first-order valence-corrected chi connectivity index (χ1v) is 10.8. The van der Waals surface area contributed by atoms with Gasteiger partial charge in [-0.05, 0) is 30.3 Å². The second-order valence-electron chi connectivity index (χ2n) is 8.05. The highest BCUT2D eigenvalue weighted by atomic mass is 16.5. The van der Waals surface area contributed by atoms with Crippen LogP contribution < -0.4 is 25.3 Å². The number of ether oxygens (including phenoxy) is 3. The van der Waals surface area contributed by atoms with Gasteiger partial charge in [0.25, 0.3) is 11.8 Å². The van der Waals surface area contributed by atoms with Crippen molar-refractivity contribution in [1.29, 1.82) is 0 Å². The van der Waals surface area contributed by atoms with Crippen molar-refractivity contribution in [1.82, 2.24) is 15.1 Å². The Hall–Kier alpha value is -3.30. The molecule has 9 heteroatoms. The Labute approximate surface area is 194 Å². The number of benzene rings is 2. The highest BCUT2D eigenvalue weighted by Gasteiger charge is 2.19. The largest absolute Gasteiger partial charge is 0.493 e. The molecule has 0 saturated carbocycles. The predicted octanol–water partition coefficient (Wildman–Crippen LogP) is 1.25. The van der Waals surface area contributed by atoms with Gasteiger partial charge >= 0.3 is 0 Å². The van der Waals surface area contributed by atoms with Crippen LogP contribution in [-0.2, 0) is 17.9 Å². The molecule has 1 fully saturated rings. The molecule has 1 saturated heterocycles. The average Bonchev–Trinajstić information content (AvgIpc) is 2.82. The zero-order chi connectivity index (χ0) is 23.8. The van der Waals surface area contributed by atoms with Gasteiger partial charge in [0.05, 0.1) is 14.2 Å². The van der Waals surface area contributed by atoms with E-state index in [1.807, 2.05) is 12.1 Å². The van der Waals surface area contributed by atoms with Crippen LogP contribution in [0.1, 0.15) is 21.5 Å². The van der Waals surface area contributed by atoms with Crippen LogP contribution in [0.15, 0.2) is 36.4 Å². The molecule has 1 heterocycles. The third kappa shape index (κ3) is 6.84. The molecule has 3 N–H and O–H groups in total. The molecule has 0 atom stereocenters. The van der Waals surface area contributed by atoms with Crippen LogP contribution in [0, 0.1) is 0 Å². The van der Waals surface area contributed by atoms with E-state index in [2.05, 4.69) is 34.3 Å². The molecule has 1 aliphatic heterocycles. The smallest absolute Gasteiger partial charge is 0.255 e. The van der Waals surface area contributed by atoms with Crippen molar-refractivity contribution in [3.63, 3.8) is 0 Å². The summed E-state index contributed by atoms with van der Waals surface area (Å²) >= 11 is 0. The highest BCUT2D eigenvalue weighted by Crippen LogP contribution is 2.38. The lowest BCUT2D eigenvalue weighted by atomic mass is 10.1. The van der Waals surface area contributed by atoms with Crippen LogP contribution in [0.2, 0.25) is 0 Å². The zero-order valence-corrected chi connectivity index (χ0v) is 19.4. The van der Waals surface area contributed by atoms with Crippen LogP contribution >= 0.6 is 0 Å². The number of hydrogen-bond acceptors (Lipinski definition) is 7. The van der Waals surface area contributed by atoms with Crippen LogP contribution in [0.5, 0.6) is 17.2 Å². The van der Waals surface area contributed by atoms with E-state index < -0.39 is 5.91 Å². The second kappa shape index (κ2) is 11.5. The lowest BCUT2D eigenvalue weighted by molar-refractivity contribution is -0.120. The topological polar surface area (TPSA) is 106 Å². The molecule has 0 aliphatic carbocycles. The van der Waals surface area contributed by atoms with E-state index in [9.17, 15) is 9.59 Å². The Balaban J connectivity index is 1.65. The number of carbonyl (C=O) groups excluding carboxylic acids is 2. The van der Waals surface area contributed by atoms with Gasteiger partial charge in [-0.2, -0.15) is 0 Å². The molecule has 0 radical (unpaired) electrons. The molecule has 33 heavy (non-hydrogen) atoms. The van der Waals surface area contributed by atoms with Crippen LogP contribution in [0.3, 0.4) is 0 Å². The lowest BCUT2D eigenvalue weighted by Gasteiger charge is -2.32. The average molecular weight is 457 g/mol. The van der Waals surface area contributed by atoms with Crippen molar-refractivity contribution in [3.05, 3.63) is 53.1 Å². The summed E-state index contributed by atoms with van der Waals surface area (Å²) in [5.41, 5.74) is 7.75. The molecule has 3 rings (SSSR count). The number of nitrogens with two attached hydrogens (primary N) is 1. The van der Waals surface area contributed by atoms with E-state index in [0.717, 1.165) is 38.3 Å². The standard InChI is InChI=1S/C24H32N4O5/c1-27-7-9-28(10-8-27)15-18-6-4-5-17(11-18)14-26-24(30)19-12-20(31-2)23(21(13-19)32-3)33-16-22(25)29/h4-6,11-13H,7-10,14-16H2,1-3H3,(H2,25,29)(H,26,30). The van der Waals surface area contributed by atoms with Crippen molar-refractivity contribution < 1.29 is 23.8 Å². The second-order valence-corrected chi connectivity index (χ2v) is 8.05. The van der Waals surface area contributed by atoms with Gasteiger partial charge < -0.3 is 30.2 Å². The van der Waals surface area contributed by atoms with Gasteiger partial charge in [0, 0.05) is 44.8 Å². The Morgan fingerprint density at radius 3 is 2.24 bits per heavy atom. The summed E-state index contributed by atoms with van der Waals surface area (Å²) in [5.74, 6) is -0.148. The predicted molar refractivity (Wildman–Crippen MR) is 125 cm³/mol. The maximum atomic E-state index is 12.8. The van der Waals surface area contributed by atoms with Crippen LogP contribution in [-0.4, -0.2) is 75.7 Å². The lowest BCUT2D eigenvalue weighted by Crippen LogP contribution is -2.43. The Kier molecular flexibility index (Phi) is 8.51. The van der Waals surface area contributed by atoms with E-state index in [1.54, 1.807) is 0 Å². The summed E-state index contributed by atoms with van der Waals surface area (Å²) < 4.78 is 16.0. The number of hydrogen-bond donors (Lipinski definition) is 2. The number of methoxy groups -OCH3 is 2. The van der Waals surface area contributed by atoms with Gasteiger partial charge in [-0.25, -0.2) is 0 Å². The summed E-state index contributed by atoms with van der Waals surface area (Å²) in [6.07, 6.45) is 0. The molecule has 0 unspecified atom stereocenters. The van der Waals surface area contributed by atoms with Gasteiger partial charge in [0.1, 0.15) is 0 Å². The van der Waals surface area contributed by atoms with E-state index in [-0.39, 0.29) is 29.8 Å². The molecule has 9 nitrogen and oxygen atoms in total. The Morgan fingerprint density at radius 1 is 1.00 bits per heavy atom. The van der Waals surface area contributed by atoms with E-state index in [1.165, 1.54) is 31.9 Å². The molecule has 0 spiro atoms. The first-order valence-electron chi connectivity index (χ1n) is 10.8. The summed E-state index contributed by atoms with van der Waals surface area (Å²) in [5, 5.41) is 2.94.